The third-order valence-corrected chi connectivity index (χ3v) is 7.22. The summed E-state index contributed by atoms with van der Waals surface area (Å²) in [6.45, 7) is 5.46. The van der Waals surface area contributed by atoms with Crippen molar-refractivity contribution < 1.29 is 9.84 Å². The van der Waals surface area contributed by atoms with Crippen molar-refractivity contribution >= 4 is 39.8 Å². The summed E-state index contributed by atoms with van der Waals surface area (Å²) in [7, 11) is 1.75. The van der Waals surface area contributed by atoms with Gasteiger partial charge in [0.2, 0.25) is 5.95 Å². The van der Waals surface area contributed by atoms with Gasteiger partial charge in [-0.1, -0.05) is 11.6 Å². The van der Waals surface area contributed by atoms with Crippen molar-refractivity contribution in [1.82, 2.24) is 19.7 Å². The average molecular weight is 457 g/mol. The molecule has 2 atom stereocenters. The largest absolute Gasteiger partial charge is 0.390 e. The van der Waals surface area contributed by atoms with Crippen LogP contribution in [0.4, 0.5) is 17.3 Å². The SMILES string of the molecule is CO[C@H]1CC[C@H]1n1ncc(Nc2ncc3cc(Cl)c(N4CCC(C)(O)CC4)cc3n2)c1C. The Bertz CT molecular complexity index is 1130. The van der Waals surface area contributed by atoms with Crippen LogP contribution in [0.1, 0.15) is 44.3 Å². The monoisotopic (exact) mass is 456 g/mol. The van der Waals surface area contributed by atoms with E-state index in [0.717, 1.165) is 53.9 Å². The number of aliphatic hydroxyl groups is 1. The molecule has 9 heteroatoms. The molecule has 1 aliphatic carbocycles. The predicted octanol–water partition coefficient (Wildman–Crippen LogP) is 4.23. The van der Waals surface area contributed by atoms with E-state index in [1.807, 2.05) is 36.9 Å². The van der Waals surface area contributed by atoms with Crippen LogP contribution in [0.25, 0.3) is 10.9 Å². The molecule has 3 heterocycles. The van der Waals surface area contributed by atoms with Crippen molar-refractivity contribution in [2.75, 3.05) is 30.4 Å². The van der Waals surface area contributed by atoms with Gasteiger partial charge in [0, 0.05) is 31.8 Å². The summed E-state index contributed by atoms with van der Waals surface area (Å²) < 4.78 is 7.56. The number of ether oxygens (including phenoxy) is 1. The number of hydrogen-bond donors (Lipinski definition) is 2. The minimum absolute atomic E-state index is 0.222. The van der Waals surface area contributed by atoms with Crippen molar-refractivity contribution in [2.24, 2.45) is 0 Å². The number of rotatable bonds is 5. The first-order valence-corrected chi connectivity index (χ1v) is 11.5. The molecule has 2 fully saturated rings. The lowest BCUT2D eigenvalue weighted by Gasteiger charge is -2.37. The zero-order valence-corrected chi connectivity index (χ0v) is 19.4. The molecule has 1 saturated heterocycles. The number of hydrogen-bond acceptors (Lipinski definition) is 7. The van der Waals surface area contributed by atoms with Gasteiger partial charge in [-0.2, -0.15) is 5.10 Å². The fourth-order valence-corrected chi connectivity index (χ4v) is 4.87. The van der Waals surface area contributed by atoms with Crippen LogP contribution >= 0.6 is 11.6 Å². The van der Waals surface area contributed by atoms with Gasteiger partial charge in [0.05, 0.1) is 51.6 Å². The summed E-state index contributed by atoms with van der Waals surface area (Å²) in [4.78, 5) is 11.4. The molecule has 1 aliphatic heterocycles. The summed E-state index contributed by atoms with van der Waals surface area (Å²) in [6, 6.07) is 4.20. The quantitative estimate of drug-likeness (QED) is 0.593. The number of fused-ring (bicyclic) bond motifs is 1. The molecule has 0 unspecified atom stereocenters. The molecular weight excluding hydrogens is 428 g/mol. The summed E-state index contributed by atoms with van der Waals surface area (Å²) in [5, 5.41) is 19.7. The van der Waals surface area contributed by atoms with Crippen molar-refractivity contribution in [2.45, 2.75) is 57.3 Å². The second kappa shape index (κ2) is 8.17. The van der Waals surface area contributed by atoms with E-state index in [9.17, 15) is 5.11 Å². The number of anilines is 3. The maximum Gasteiger partial charge on any atom is 0.227 e. The smallest absolute Gasteiger partial charge is 0.227 e. The predicted molar refractivity (Wildman–Crippen MR) is 126 cm³/mol. The van der Waals surface area contributed by atoms with Gasteiger partial charge in [-0.05, 0) is 51.7 Å². The molecule has 170 valence electrons. The minimum Gasteiger partial charge on any atom is -0.390 e. The second-order valence-corrected chi connectivity index (χ2v) is 9.58. The second-order valence-electron chi connectivity index (χ2n) is 9.17. The van der Waals surface area contributed by atoms with Crippen LogP contribution in [0, 0.1) is 6.92 Å². The number of halogens is 1. The molecular formula is C23H29ClN6O2. The fraction of sp³-hybridized carbons (Fsp3) is 0.522. The third-order valence-electron chi connectivity index (χ3n) is 6.91. The molecule has 0 spiro atoms. The lowest BCUT2D eigenvalue weighted by atomic mass is 9.89. The van der Waals surface area contributed by atoms with Gasteiger partial charge in [0.15, 0.2) is 0 Å². The summed E-state index contributed by atoms with van der Waals surface area (Å²) >= 11 is 6.58. The fourth-order valence-electron chi connectivity index (χ4n) is 4.58. The van der Waals surface area contributed by atoms with E-state index < -0.39 is 5.60 Å². The van der Waals surface area contributed by atoms with Crippen molar-refractivity contribution in [3.63, 3.8) is 0 Å². The van der Waals surface area contributed by atoms with Crippen molar-refractivity contribution in [3.05, 3.63) is 35.2 Å². The molecule has 2 aliphatic rings. The van der Waals surface area contributed by atoms with Crippen molar-refractivity contribution in [1.29, 1.82) is 0 Å². The summed E-state index contributed by atoms with van der Waals surface area (Å²) in [6.07, 6.45) is 7.39. The first-order chi connectivity index (χ1) is 15.3. The number of nitrogens with zero attached hydrogens (tertiary/aromatic N) is 5. The standard InChI is InChI=1S/C23H29ClN6O2/c1-14-18(13-26-30(14)19-4-5-21(19)32-3)28-22-25-12-15-10-16(24)20(11-17(15)27-22)29-8-6-23(2,31)7-9-29/h10-13,19,21,31H,4-9H2,1-3H3,(H,25,27,28)/t19-,21+/m1/s1. The molecule has 2 N–H and O–H groups in total. The summed E-state index contributed by atoms with van der Waals surface area (Å²) in [5.41, 5.74) is 3.09. The van der Waals surface area contributed by atoms with Crippen LogP contribution in [0.3, 0.4) is 0 Å². The van der Waals surface area contributed by atoms with Crippen LogP contribution in [-0.2, 0) is 4.74 Å². The Balaban J connectivity index is 1.39. The van der Waals surface area contributed by atoms with Crippen LogP contribution < -0.4 is 10.2 Å². The highest BCUT2D eigenvalue weighted by Crippen LogP contribution is 2.37. The Morgan fingerprint density at radius 2 is 2.00 bits per heavy atom. The topological polar surface area (TPSA) is 88.3 Å². The van der Waals surface area contributed by atoms with Crippen LogP contribution in [-0.4, -0.2) is 56.8 Å². The molecule has 0 amide bonds. The highest BCUT2D eigenvalue weighted by atomic mass is 35.5. The first kappa shape index (κ1) is 21.4. The highest BCUT2D eigenvalue weighted by Gasteiger charge is 2.34. The molecule has 0 radical (unpaired) electrons. The van der Waals surface area contributed by atoms with Gasteiger partial charge in [-0.25, -0.2) is 9.97 Å². The Morgan fingerprint density at radius 3 is 2.69 bits per heavy atom. The molecule has 1 saturated carbocycles. The molecule has 3 aromatic rings. The lowest BCUT2D eigenvalue weighted by Crippen LogP contribution is -2.42. The van der Waals surface area contributed by atoms with Gasteiger partial charge >= 0.3 is 0 Å². The maximum absolute atomic E-state index is 10.3. The van der Waals surface area contributed by atoms with E-state index in [2.05, 4.69) is 20.3 Å². The zero-order valence-electron chi connectivity index (χ0n) is 18.7. The molecule has 32 heavy (non-hydrogen) atoms. The van der Waals surface area contributed by atoms with E-state index in [1.165, 1.54) is 0 Å². The number of benzene rings is 1. The maximum atomic E-state index is 10.3. The Hall–Kier alpha value is -2.42. The normalized spacial score (nSPS) is 22.7. The number of nitrogens with one attached hydrogen (secondary N) is 1. The van der Waals surface area contributed by atoms with Gasteiger partial charge in [0.25, 0.3) is 0 Å². The van der Waals surface area contributed by atoms with E-state index in [0.29, 0.717) is 23.8 Å². The van der Waals surface area contributed by atoms with E-state index in [4.69, 9.17) is 21.3 Å². The molecule has 1 aromatic carbocycles. The first-order valence-electron chi connectivity index (χ1n) is 11.1. The molecule has 8 nitrogen and oxygen atoms in total. The average Bonchev–Trinajstić information content (AvgIpc) is 3.07. The van der Waals surface area contributed by atoms with Gasteiger partial charge < -0.3 is 20.1 Å². The van der Waals surface area contributed by atoms with Gasteiger partial charge in [-0.15, -0.1) is 0 Å². The summed E-state index contributed by atoms with van der Waals surface area (Å²) in [5.74, 6) is 0.520. The number of methoxy groups -OCH3 is 1. The van der Waals surface area contributed by atoms with E-state index >= 15 is 0 Å². The molecule has 0 bridgehead atoms. The molecule has 5 rings (SSSR count). The van der Waals surface area contributed by atoms with Crippen LogP contribution in [0.5, 0.6) is 0 Å². The van der Waals surface area contributed by atoms with E-state index in [-0.39, 0.29) is 12.1 Å². The van der Waals surface area contributed by atoms with Crippen LogP contribution in [0.2, 0.25) is 5.02 Å². The van der Waals surface area contributed by atoms with Gasteiger partial charge in [0.1, 0.15) is 0 Å². The number of aromatic nitrogens is 4. The minimum atomic E-state index is -0.607. The number of piperidine rings is 1. The van der Waals surface area contributed by atoms with Gasteiger partial charge in [-0.3, -0.25) is 4.68 Å². The zero-order chi connectivity index (χ0) is 22.5. The Morgan fingerprint density at radius 1 is 1.22 bits per heavy atom. The van der Waals surface area contributed by atoms with Crippen molar-refractivity contribution in [3.8, 4) is 0 Å². The van der Waals surface area contributed by atoms with E-state index in [1.54, 1.807) is 13.3 Å². The highest BCUT2D eigenvalue weighted by molar-refractivity contribution is 6.34. The van der Waals surface area contributed by atoms with Crippen LogP contribution in [0.15, 0.2) is 24.5 Å². The Kier molecular flexibility index (Phi) is 5.47. The molecule has 2 aromatic heterocycles. The lowest BCUT2D eigenvalue weighted by molar-refractivity contribution is -0.0146. The third kappa shape index (κ3) is 3.91. The Labute approximate surface area is 192 Å².